The van der Waals surface area contributed by atoms with Crippen molar-refractivity contribution in [2.24, 2.45) is 5.92 Å². The normalized spacial score (nSPS) is 18.2. The standard InChI is InChI=1S/C14H23N3O2/c18-9-7-13(11-4-2-1-3-5-11)16-14(19)10-12-6-8-15-17-12/h6,8,11,13,18H,1-5,7,9-10H2,(H,15,17)(H,16,19). The summed E-state index contributed by atoms with van der Waals surface area (Å²) in [7, 11) is 0. The van der Waals surface area contributed by atoms with Gasteiger partial charge >= 0.3 is 0 Å². The molecular formula is C14H23N3O2. The molecule has 19 heavy (non-hydrogen) atoms. The van der Waals surface area contributed by atoms with Gasteiger partial charge in [-0.1, -0.05) is 19.3 Å². The lowest BCUT2D eigenvalue weighted by molar-refractivity contribution is -0.121. The maximum absolute atomic E-state index is 12.0. The van der Waals surface area contributed by atoms with Crippen LogP contribution in [0.2, 0.25) is 0 Å². The van der Waals surface area contributed by atoms with Crippen molar-refractivity contribution in [1.29, 1.82) is 0 Å². The van der Waals surface area contributed by atoms with E-state index >= 15 is 0 Å². The fraction of sp³-hybridized carbons (Fsp3) is 0.714. The van der Waals surface area contributed by atoms with Crippen LogP contribution in [0.25, 0.3) is 0 Å². The third-order valence-electron chi connectivity index (χ3n) is 3.91. The van der Waals surface area contributed by atoms with Gasteiger partial charge in [0.2, 0.25) is 5.91 Å². The lowest BCUT2D eigenvalue weighted by Gasteiger charge is -2.30. The first-order valence-electron chi connectivity index (χ1n) is 7.18. The average molecular weight is 265 g/mol. The van der Waals surface area contributed by atoms with Crippen molar-refractivity contribution in [1.82, 2.24) is 15.5 Å². The largest absolute Gasteiger partial charge is 0.396 e. The smallest absolute Gasteiger partial charge is 0.226 e. The van der Waals surface area contributed by atoms with Crippen molar-refractivity contribution in [2.45, 2.75) is 51.0 Å². The van der Waals surface area contributed by atoms with Crippen LogP contribution >= 0.6 is 0 Å². The van der Waals surface area contributed by atoms with Crippen LogP contribution in [0.4, 0.5) is 0 Å². The summed E-state index contributed by atoms with van der Waals surface area (Å²) in [6.45, 7) is 0.130. The quantitative estimate of drug-likeness (QED) is 0.727. The number of aromatic nitrogens is 2. The Morgan fingerprint density at radius 2 is 2.26 bits per heavy atom. The Morgan fingerprint density at radius 3 is 2.89 bits per heavy atom. The predicted octanol–water partition coefficient (Wildman–Crippen LogP) is 1.40. The van der Waals surface area contributed by atoms with Crippen molar-refractivity contribution < 1.29 is 9.90 Å². The van der Waals surface area contributed by atoms with Crippen LogP contribution in [-0.4, -0.2) is 33.9 Å². The van der Waals surface area contributed by atoms with Crippen molar-refractivity contribution in [3.05, 3.63) is 18.0 Å². The lowest BCUT2D eigenvalue weighted by Crippen LogP contribution is -2.42. The molecule has 0 spiro atoms. The van der Waals surface area contributed by atoms with E-state index in [2.05, 4.69) is 15.5 Å². The van der Waals surface area contributed by atoms with Crippen LogP contribution in [0.3, 0.4) is 0 Å². The van der Waals surface area contributed by atoms with Crippen LogP contribution in [-0.2, 0) is 11.2 Å². The van der Waals surface area contributed by atoms with Gasteiger partial charge in [-0.25, -0.2) is 0 Å². The first-order valence-corrected chi connectivity index (χ1v) is 7.18. The fourth-order valence-corrected chi connectivity index (χ4v) is 2.92. The van der Waals surface area contributed by atoms with Gasteiger partial charge in [0.15, 0.2) is 0 Å². The van der Waals surface area contributed by atoms with E-state index in [1.54, 1.807) is 12.3 Å². The molecule has 1 saturated carbocycles. The van der Waals surface area contributed by atoms with Crippen molar-refractivity contribution >= 4 is 5.91 Å². The Balaban J connectivity index is 1.86. The number of aliphatic hydroxyl groups is 1. The van der Waals surface area contributed by atoms with Gasteiger partial charge in [0.05, 0.1) is 6.42 Å². The van der Waals surface area contributed by atoms with E-state index < -0.39 is 0 Å². The number of amides is 1. The summed E-state index contributed by atoms with van der Waals surface area (Å²) < 4.78 is 0. The van der Waals surface area contributed by atoms with Crippen LogP contribution in [0.15, 0.2) is 12.3 Å². The number of carbonyl (C=O) groups excluding carboxylic acids is 1. The minimum atomic E-state index is 0.00766. The van der Waals surface area contributed by atoms with Gasteiger partial charge in [-0.3, -0.25) is 9.89 Å². The highest BCUT2D eigenvalue weighted by Crippen LogP contribution is 2.27. The Hall–Kier alpha value is -1.36. The summed E-state index contributed by atoms with van der Waals surface area (Å²) in [6, 6.07) is 1.92. The molecule has 1 unspecified atom stereocenters. The van der Waals surface area contributed by atoms with Gasteiger partial charge < -0.3 is 10.4 Å². The maximum atomic E-state index is 12.0. The fourth-order valence-electron chi connectivity index (χ4n) is 2.92. The first-order chi connectivity index (χ1) is 9.29. The molecule has 1 aliphatic carbocycles. The van der Waals surface area contributed by atoms with E-state index in [0.717, 1.165) is 18.5 Å². The monoisotopic (exact) mass is 265 g/mol. The maximum Gasteiger partial charge on any atom is 0.226 e. The highest BCUT2D eigenvalue weighted by atomic mass is 16.3. The third kappa shape index (κ3) is 4.35. The van der Waals surface area contributed by atoms with E-state index in [9.17, 15) is 4.79 Å². The molecule has 1 fully saturated rings. The summed E-state index contributed by atoms with van der Waals surface area (Å²) in [4.78, 5) is 12.0. The first kappa shape index (κ1) is 14.1. The molecule has 1 atom stereocenters. The van der Waals surface area contributed by atoms with Crippen LogP contribution in [0.1, 0.15) is 44.2 Å². The van der Waals surface area contributed by atoms with Gasteiger partial charge in [0.1, 0.15) is 0 Å². The predicted molar refractivity (Wildman–Crippen MR) is 72.5 cm³/mol. The Labute approximate surface area is 113 Å². The third-order valence-corrected chi connectivity index (χ3v) is 3.91. The number of hydrogen-bond donors (Lipinski definition) is 3. The number of nitrogens with zero attached hydrogens (tertiary/aromatic N) is 1. The van der Waals surface area contributed by atoms with Crippen LogP contribution in [0, 0.1) is 5.92 Å². The van der Waals surface area contributed by atoms with E-state index in [0.29, 0.717) is 18.8 Å². The molecule has 0 saturated heterocycles. The highest BCUT2D eigenvalue weighted by molar-refractivity contribution is 5.78. The van der Waals surface area contributed by atoms with E-state index in [-0.39, 0.29) is 18.6 Å². The molecule has 0 aliphatic heterocycles. The number of rotatable bonds is 6. The van der Waals surface area contributed by atoms with E-state index in [1.807, 2.05) is 0 Å². The lowest BCUT2D eigenvalue weighted by atomic mass is 9.82. The zero-order valence-corrected chi connectivity index (χ0v) is 11.3. The molecule has 0 bridgehead atoms. The summed E-state index contributed by atoms with van der Waals surface area (Å²) >= 11 is 0. The van der Waals surface area contributed by atoms with Crippen molar-refractivity contribution in [2.75, 3.05) is 6.61 Å². The second-order valence-electron chi connectivity index (χ2n) is 5.34. The molecule has 1 aliphatic rings. The van der Waals surface area contributed by atoms with Gasteiger partial charge in [-0.15, -0.1) is 0 Å². The zero-order valence-electron chi connectivity index (χ0n) is 11.3. The number of nitrogens with one attached hydrogen (secondary N) is 2. The zero-order chi connectivity index (χ0) is 13.5. The minimum absolute atomic E-state index is 0.00766. The number of H-pyrrole nitrogens is 1. The molecule has 106 valence electrons. The molecule has 1 heterocycles. The molecule has 0 aromatic carbocycles. The van der Waals surface area contributed by atoms with Gasteiger partial charge in [0.25, 0.3) is 0 Å². The molecule has 3 N–H and O–H groups in total. The summed E-state index contributed by atoms with van der Waals surface area (Å²) in [5, 5.41) is 18.9. The second kappa shape index (κ2) is 7.28. The second-order valence-corrected chi connectivity index (χ2v) is 5.34. The number of aliphatic hydroxyl groups excluding tert-OH is 1. The molecule has 5 heteroatoms. The minimum Gasteiger partial charge on any atom is -0.396 e. The van der Waals surface area contributed by atoms with Crippen molar-refractivity contribution in [3.63, 3.8) is 0 Å². The van der Waals surface area contributed by atoms with E-state index in [1.165, 1.54) is 19.3 Å². The molecule has 1 aromatic heterocycles. The Bertz CT molecular complexity index is 372. The molecule has 2 rings (SSSR count). The number of hydrogen-bond acceptors (Lipinski definition) is 3. The molecule has 5 nitrogen and oxygen atoms in total. The van der Waals surface area contributed by atoms with Crippen LogP contribution in [0.5, 0.6) is 0 Å². The SMILES string of the molecule is O=C(Cc1ccn[nH]1)NC(CCO)C1CCCCC1. The summed E-state index contributed by atoms with van der Waals surface area (Å²) in [5.74, 6) is 0.528. The number of carbonyl (C=O) groups is 1. The average Bonchev–Trinajstić information content (AvgIpc) is 2.92. The number of aromatic amines is 1. The van der Waals surface area contributed by atoms with Gasteiger partial charge in [-0.05, 0) is 31.2 Å². The Kier molecular flexibility index (Phi) is 5.39. The van der Waals surface area contributed by atoms with Gasteiger partial charge in [-0.2, -0.15) is 5.10 Å². The molecule has 1 amide bonds. The van der Waals surface area contributed by atoms with Gasteiger partial charge in [0, 0.05) is 24.5 Å². The molecular weight excluding hydrogens is 242 g/mol. The van der Waals surface area contributed by atoms with Crippen LogP contribution < -0.4 is 5.32 Å². The topological polar surface area (TPSA) is 78.0 Å². The van der Waals surface area contributed by atoms with E-state index in [4.69, 9.17) is 5.11 Å². The summed E-state index contributed by atoms with van der Waals surface area (Å²) in [6.07, 6.45) is 8.73. The van der Waals surface area contributed by atoms with Crippen molar-refractivity contribution in [3.8, 4) is 0 Å². The molecule has 1 aromatic rings. The highest BCUT2D eigenvalue weighted by Gasteiger charge is 2.24. The summed E-state index contributed by atoms with van der Waals surface area (Å²) in [5.41, 5.74) is 0.823. The molecule has 0 radical (unpaired) electrons. The Morgan fingerprint density at radius 1 is 1.47 bits per heavy atom.